The van der Waals surface area contributed by atoms with E-state index in [1.165, 1.54) is 37.1 Å². The average Bonchev–Trinajstić information content (AvgIpc) is 2.45. The molecule has 6 heteroatoms. The molecule has 2 rings (SSSR count). The quantitative estimate of drug-likeness (QED) is 0.878. The normalized spacial score (nSPS) is 11.0. The van der Waals surface area contributed by atoms with Crippen molar-refractivity contribution in [3.05, 3.63) is 63.3 Å². The number of carbonyl (C=O) groups excluding carboxylic acids is 1. The standard InChI is InChI=1S/C15H12F2N2O2/c1-10-12(7-8-20)19-13(14(21)18-10)9-15(16,17)11-5-3-2-4-6-11/h2-7H,9H2,1H3,(H,18,21). The molecular formula is C15H12F2N2O2. The van der Waals surface area contributed by atoms with Gasteiger partial charge < -0.3 is 4.98 Å². The number of nitrogens with zero attached hydrogens (tertiary/aromatic N) is 1. The highest BCUT2D eigenvalue weighted by molar-refractivity contribution is 5.73. The van der Waals surface area contributed by atoms with Crippen LogP contribution in [0.1, 0.15) is 22.6 Å². The summed E-state index contributed by atoms with van der Waals surface area (Å²) in [5.41, 5.74) is -0.750. The van der Waals surface area contributed by atoms with Crippen molar-refractivity contribution < 1.29 is 13.6 Å². The van der Waals surface area contributed by atoms with Crippen LogP contribution in [0.15, 0.2) is 35.1 Å². The number of aryl methyl sites for hydroxylation is 1. The van der Waals surface area contributed by atoms with Gasteiger partial charge >= 0.3 is 0 Å². The van der Waals surface area contributed by atoms with E-state index in [0.717, 1.165) is 6.08 Å². The Morgan fingerprint density at radius 2 is 2.00 bits per heavy atom. The maximum Gasteiger partial charge on any atom is 0.278 e. The second-order valence-corrected chi connectivity index (χ2v) is 4.53. The van der Waals surface area contributed by atoms with E-state index in [4.69, 9.17) is 0 Å². The Hall–Kier alpha value is -2.59. The van der Waals surface area contributed by atoms with Crippen LogP contribution in [-0.2, 0) is 17.1 Å². The molecule has 21 heavy (non-hydrogen) atoms. The minimum atomic E-state index is -3.22. The first kappa shape index (κ1) is 14.8. The number of H-pyrrole nitrogens is 1. The third-order valence-corrected chi connectivity index (χ3v) is 2.98. The van der Waals surface area contributed by atoms with Crippen LogP contribution in [0.5, 0.6) is 0 Å². The molecule has 0 fully saturated rings. The van der Waals surface area contributed by atoms with E-state index in [1.54, 1.807) is 6.07 Å². The summed E-state index contributed by atoms with van der Waals surface area (Å²) < 4.78 is 28.3. The number of hydrogen-bond donors (Lipinski definition) is 1. The van der Waals surface area contributed by atoms with Crippen LogP contribution in [0.25, 0.3) is 6.08 Å². The van der Waals surface area contributed by atoms with Gasteiger partial charge in [-0.1, -0.05) is 30.3 Å². The Kier molecular flexibility index (Phi) is 4.10. The monoisotopic (exact) mass is 290 g/mol. The number of halogens is 2. The van der Waals surface area contributed by atoms with Gasteiger partial charge in [0.15, 0.2) is 0 Å². The summed E-state index contributed by atoms with van der Waals surface area (Å²) in [5.74, 6) is -1.70. The molecule has 0 unspecified atom stereocenters. The first-order valence-corrected chi connectivity index (χ1v) is 6.18. The van der Waals surface area contributed by atoms with Crippen molar-refractivity contribution in [2.75, 3.05) is 0 Å². The predicted molar refractivity (Wildman–Crippen MR) is 73.8 cm³/mol. The molecule has 1 aromatic carbocycles. The molecule has 0 saturated carbocycles. The minimum Gasteiger partial charge on any atom is -0.323 e. The van der Waals surface area contributed by atoms with Gasteiger partial charge in [-0.05, 0) is 6.92 Å². The Morgan fingerprint density at radius 1 is 1.33 bits per heavy atom. The zero-order valence-corrected chi connectivity index (χ0v) is 11.2. The highest BCUT2D eigenvalue weighted by Gasteiger charge is 2.33. The van der Waals surface area contributed by atoms with Gasteiger partial charge in [0.1, 0.15) is 11.6 Å². The fraction of sp³-hybridized carbons (Fsp3) is 0.200. The van der Waals surface area contributed by atoms with Gasteiger partial charge in [-0.2, -0.15) is 0 Å². The van der Waals surface area contributed by atoms with Crippen molar-refractivity contribution in [3.63, 3.8) is 0 Å². The van der Waals surface area contributed by atoms with E-state index in [-0.39, 0.29) is 17.0 Å². The third-order valence-electron chi connectivity index (χ3n) is 2.98. The molecule has 4 nitrogen and oxygen atoms in total. The second-order valence-electron chi connectivity index (χ2n) is 4.53. The molecular weight excluding hydrogens is 278 g/mol. The summed E-state index contributed by atoms with van der Waals surface area (Å²) in [7, 11) is 0. The van der Waals surface area contributed by atoms with E-state index in [2.05, 4.69) is 9.97 Å². The van der Waals surface area contributed by atoms with Crippen molar-refractivity contribution in [2.45, 2.75) is 19.3 Å². The number of alkyl halides is 2. The summed E-state index contributed by atoms with van der Waals surface area (Å²) in [6.07, 6.45) is 0.155. The Balaban J connectivity index is 2.42. The molecule has 0 bridgehead atoms. The summed E-state index contributed by atoms with van der Waals surface area (Å²) in [6.45, 7) is 1.52. The lowest BCUT2D eigenvalue weighted by atomic mass is 10.0. The van der Waals surface area contributed by atoms with Gasteiger partial charge in [0.25, 0.3) is 11.5 Å². The van der Waals surface area contributed by atoms with Crippen molar-refractivity contribution >= 4 is 12.0 Å². The zero-order valence-electron chi connectivity index (χ0n) is 11.2. The maximum absolute atomic E-state index is 14.2. The van der Waals surface area contributed by atoms with Gasteiger partial charge in [-0.15, -0.1) is 0 Å². The number of aromatic amines is 1. The fourth-order valence-electron chi connectivity index (χ4n) is 1.90. The van der Waals surface area contributed by atoms with Gasteiger partial charge in [-0.25, -0.2) is 18.6 Å². The predicted octanol–water partition coefficient (Wildman–Crippen LogP) is 2.26. The lowest BCUT2D eigenvalue weighted by Gasteiger charge is -2.16. The number of aromatic nitrogens is 2. The van der Waals surface area contributed by atoms with E-state index in [9.17, 15) is 18.4 Å². The SMILES string of the molecule is Cc1[nH]c(=O)c(CC(F)(F)c2ccccc2)nc1C=C=O. The molecule has 108 valence electrons. The smallest absolute Gasteiger partial charge is 0.278 e. The molecule has 1 heterocycles. The number of nitrogens with one attached hydrogen (secondary N) is 1. The highest BCUT2D eigenvalue weighted by Crippen LogP contribution is 2.30. The van der Waals surface area contributed by atoms with E-state index in [0.29, 0.717) is 5.69 Å². The fourth-order valence-corrected chi connectivity index (χ4v) is 1.90. The van der Waals surface area contributed by atoms with Crippen LogP contribution in [0.2, 0.25) is 0 Å². The largest absolute Gasteiger partial charge is 0.323 e. The molecule has 2 aromatic rings. The molecule has 0 spiro atoms. The van der Waals surface area contributed by atoms with Crippen LogP contribution in [0, 0.1) is 6.92 Å². The van der Waals surface area contributed by atoms with Crippen molar-refractivity contribution in [1.29, 1.82) is 0 Å². The molecule has 1 N–H and O–H groups in total. The second kappa shape index (κ2) is 5.81. The molecule has 0 saturated heterocycles. The third kappa shape index (κ3) is 3.30. The zero-order chi connectivity index (χ0) is 15.5. The summed E-state index contributed by atoms with van der Waals surface area (Å²) in [4.78, 5) is 28.3. The lowest BCUT2D eigenvalue weighted by Crippen LogP contribution is -2.25. The Morgan fingerprint density at radius 3 is 2.62 bits per heavy atom. The van der Waals surface area contributed by atoms with E-state index in [1.807, 2.05) is 0 Å². The molecule has 0 atom stereocenters. The van der Waals surface area contributed by atoms with Crippen LogP contribution in [-0.4, -0.2) is 15.9 Å². The number of benzene rings is 1. The average molecular weight is 290 g/mol. The molecule has 0 aliphatic rings. The number of rotatable bonds is 4. The molecule has 1 aromatic heterocycles. The van der Waals surface area contributed by atoms with Crippen molar-refractivity contribution in [1.82, 2.24) is 9.97 Å². The molecule has 0 radical (unpaired) electrons. The topological polar surface area (TPSA) is 62.8 Å². The van der Waals surface area contributed by atoms with Crippen LogP contribution in [0.3, 0.4) is 0 Å². The van der Waals surface area contributed by atoms with Crippen LogP contribution < -0.4 is 5.56 Å². The summed E-state index contributed by atoms with van der Waals surface area (Å²) in [6, 6.07) is 7.19. The summed E-state index contributed by atoms with van der Waals surface area (Å²) in [5, 5.41) is 0. The lowest BCUT2D eigenvalue weighted by molar-refractivity contribution is -0.00514. The Bertz CT molecular complexity index is 748. The molecule has 0 amide bonds. The van der Waals surface area contributed by atoms with E-state index >= 15 is 0 Å². The van der Waals surface area contributed by atoms with Gasteiger partial charge in [0.05, 0.1) is 12.1 Å². The molecule has 0 aliphatic carbocycles. The first-order valence-electron chi connectivity index (χ1n) is 6.18. The maximum atomic E-state index is 14.2. The van der Waals surface area contributed by atoms with Crippen LogP contribution in [0.4, 0.5) is 8.78 Å². The van der Waals surface area contributed by atoms with Gasteiger partial charge in [0.2, 0.25) is 0 Å². The minimum absolute atomic E-state index is 0.128. The van der Waals surface area contributed by atoms with Gasteiger partial charge in [-0.3, -0.25) is 4.79 Å². The van der Waals surface area contributed by atoms with E-state index < -0.39 is 17.9 Å². The Labute approximate surface area is 119 Å². The molecule has 0 aliphatic heterocycles. The number of hydrogen-bond acceptors (Lipinski definition) is 3. The highest BCUT2D eigenvalue weighted by atomic mass is 19.3. The summed E-state index contributed by atoms with van der Waals surface area (Å²) >= 11 is 0. The first-order chi connectivity index (χ1) is 9.94. The van der Waals surface area contributed by atoms with Crippen LogP contribution >= 0.6 is 0 Å². The van der Waals surface area contributed by atoms with Crippen molar-refractivity contribution in [2.24, 2.45) is 0 Å². The van der Waals surface area contributed by atoms with Crippen molar-refractivity contribution in [3.8, 4) is 0 Å². The van der Waals surface area contributed by atoms with Gasteiger partial charge in [0, 0.05) is 17.3 Å².